The second-order valence-corrected chi connectivity index (χ2v) is 13.5. The highest BCUT2D eigenvalue weighted by atomic mass is 79.9. The largest absolute Gasteiger partial charge is 0.361 e. The molecule has 6 rings (SSSR count). The average Bonchev–Trinajstić information content (AvgIpc) is 3.53. The Bertz CT molecular complexity index is 1760. The number of benzene rings is 4. The number of nitrogens with zero attached hydrogens (tertiary/aromatic N) is 1. The minimum atomic E-state index is -1.18. The summed E-state index contributed by atoms with van der Waals surface area (Å²) in [7, 11) is 0. The minimum absolute atomic E-state index is 0.0336. The first-order valence-corrected chi connectivity index (χ1v) is 15.9. The summed E-state index contributed by atoms with van der Waals surface area (Å²) in [5, 5.41) is 1.53. The molecule has 0 unspecified atom stereocenters. The molecule has 6 nitrogen and oxygen atoms in total. The lowest BCUT2D eigenvalue weighted by Gasteiger charge is -2.36. The molecule has 3 N–H and O–H groups in total. The maximum atomic E-state index is 14.5. The number of aryl methyl sites for hydroxylation is 1. The summed E-state index contributed by atoms with van der Waals surface area (Å²) in [6.07, 6.45) is 1.94. The minimum Gasteiger partial charge on any atom is -0.361 e. The molecule has 2 heterocycles. The zero-order chi connectivity index (χ0) is 30.0. The van der Waals surface area contributed by atoms with Crippen molar-refractivity contribution in [2.75, 3.05) is 0 Å². The van der Waals surface area contributed by atoms with Crippen molar-refractivity contribution in [2.24, 2.45) is 0 Å². The van der Waals surface area contributed by atoms with E-state index in [2.05, 4.69) is 31.8 Å². The Morgan fingerprint density at radius 3 is 2.51 bits per heavy atom. The van der Waals surface area contributed by atoms with Gasteiger partial charge in [0, 0.05) is 50.1 Å². The van der Waals surface area contributed by atoms with Crippen LogP contribution in [0.5, 0.6) is 0 Å². The molecule has 1 aliphatic heterocycles. The van der Waals surface area contributed by atoms with Crippen molar-refractivity contribution in [1.82, 2.24) is 20.7 Å². The molecule has 218 valence electrons. The lowest BCUT2D eigenvalue weighted by Crippen LogP contribution is -2.52. The fourth-order valence-corrected chi connectivity index (χ4v) is 7.47. The van der Waals surface area contributed by atoms with E-state index in [-0.39, 0.29) is 18.2 Å². The number of hydrazine groups is 1. The molecule has 0 aliphatic carbocycles. The molecule has 9 heteroatoms. The van der Waals surface area contributed by atoms with E-state index in [1.165, 1.54) is 11.8 Å². The van der Waals surface area contributed by atoms with Gasteiger partial charge in [-0.3, -0.25) is 15.0 Å². The number of halogens is 2. The van der Waals surface area contributed by atoms with Crippen molar-refractivity contribution in [3.8, 4) is 0 Å². The maximum absolute atomic E-state index is 14.5. The number of carbonyl (C=O) groups is 2. The van der Waals surface area contributed by atoms with Crippen LogP contribution >= 0.6 is 39.3 Å². The van der Waals surface area contributed by atoms with Gasteiger partial charge in [-0.1, -0.05) is 93.8 Å². The quantitative estimate of drug-likeness (QED) is 0.140. The Hall–Kier alpha value is -3.56. The monoisotopic (exact) mass is 672 g/mol. The molecule has 0 spiro atoms. The third-order valence-corrected chi connectivity index (χ3v) is 9.96. The summed E-state index contributed by atoms with van der Waals surface area (Å²) in [6.45, 7) is 2.84. The second kappa shape index (κ2) is 12.6. The van der Waals surface area contributed by atoms with Crippen molar-refractivity contribution in [1.29, 1.82) is 0 Å². The number of fused-ring (bicyclic) bond motifs is 1. The molecule has 0 saturated carbocycles. The Balaban J connectivity index is 1.45. The van der Waals surface area contributed by atoms with Crippen molar-refractivity contribution < 1.29 is 9.59 Å². The van der Waals surface area contributed by atoms with Gasteiger partial charge in [-0.05, 0) is 54.4 Å². The van der Waals surface area contributed by atoms with Crippen LogP contribution in [0.2, 0.25) is 5.02 Å². The van der Waals surface area contributed by atoms with Gasteiger partial charge in [-0.15, -0.1) is 11.8 Å². The first-order valence-electron chi connectivity index (χ1n) is 14.0. The van der Waals surface area contributed by atoms with E-state index in [4.69, 9.17) is 11.6 Å². The van der Waals surface area contributed by atoms with Crippen LogP contribution in [0.15, 0.2) is 113 Å². The number of hydrogen-bond acceptors (Lipinski definition) is 4. The van der Waals surface area contributed by atoms with E-state index < -0.39 is 10.8 Å². The lowest BCUT2D eigenvalue weighted by atomic mass is 9.91. The van der Waals surface area contributed by atoms with Crippen LogP contribution < -0.4 is 10.9 Å². The summed E-state index contributed by atoms with van der Waals surface area (Å²) >= 11 is 11.3. The number of amides is 2. The third kappa shape index (κ3) is 6.24. The lowest BCUT2D eigenvalue weighted by molar-refractivity contribution is -0.129. The van der Waals surface area contributed by atoms with Crippen LogP contribution in [-0.4, -0.2) is 26.4 Å². The van der Waals surface area contributed by atoms with Crippen molar-refractivity contribution in [3.05, 3.63) is 135 Å². The number of carbonyl (C=O) groups excluding carboxylic acids is 2. The Kier molecular flexibility index (Phi) is 8.63. The van der Waals surface area contributed by atoms with Gasteiger partial charge in [-0.25, -0.2) is 5.43 Å². The van der Waals surface area contributed by atoms with Crippen LogP contribution in [0, 0.1) is 6.92 Å². The highest BCUT2D eigenvalue weighted by molar-refractivity contribution is 9.10. The number of thioether (sulfide) groups is 1. The number of likely N-dealkylation sites (tertiary alicyclic amines) is 1. The molecule has 2 amide bonds. The summed E-state index contributed by atoms with van der Waals surface area (Å²) in [5.41, 5.74) is 11.0. The Morgan fingerprint density at radius 2 is 1.77 bits per heavy atom. The van der Waals surface area contributed by atoms with Gasteiger partial charge in [0.25, 0.3) is 5.91 Å². The highest BCUT2D eigenvalue weighted by Gasteiger charge is 2.58. The van der Waals surface area contributed by atoms with Gasteiger partial charge >= 0.3 is 0 Å². The fraction of sp³-hybridized carbons (Fsp3) is 0.176. The zero-order valence-electron chi connectivity index (χ0n) is 23.4. The van der Waals surface area contributed by atoms with E-state index >= 15 is 0 Å². The van der Waals surface area contributed by atoms with Crippen LogP contribution in [0.25, 0.3) is 10.9 Å². The third-order valence-electron chi connectivity index (χ3n) is 7.77. The molecule has 1 saturated heterocycles. The second-order valence-electron chi connectivity index (χ2n) is 10.8. The zero-order valence-corrected chi connectivity index (χ0v) is 26.6. The van der Waals surface area contributed by atoms with Gasteiger partial charge in [0.2, 0.25) is 5.91 Å². The molecular weight excluding hydrogens is 644 g/mol. The van der Waals surface area contributed by atoms with Gasteiger partial charge < -0.3 is 9.88 Å². The average molecular weight is 674 g/mol. The smallest absolute Gasteiger partial charge is 0.253 e. The van der Waals surface area contributed by atoms with Crippen molar-refractivity contribution in [3.63, 3.8) is 0 Å². The molecule has 43 heavy (non-hydrogen) atoms. The van der Waals surface area contributed by atoms with Crippen LogP contribution in [0.4, 0.5) is 0 Å². The van der Waals surface area contributed by atoms with E-state index in [1.807, 2.05) is 115 Å². The molecule has 0 bridgehead atoms. The predicted octanol–water partition coefficient (Wildman–Crippen LogP) is 7.72. The Labute approximate surface area is 268 Å². The number of nitrogens with one attached hydrogen (secondary N) is 3. The van der Waals surface area contributed by atoms with Crippen LogP contribution in [-0.2, 0) is 22.7 Å². The van der Waals surface area contributed by atoms with Crippen molar-refractivity contribution >= 4 is 62.0 Å². The summed E-state index contributed by atoms with van der Waals surface area (Å²) < 4.78 is -0.220. The molecule has 1 fully saturated rings. The van der Waals surface area contributed by atoms with E-state index in [9.17, 15) is 9.59 Å². The normalized spacial score (nSPS) is 18.3. The topological polar surface area (TPSA) is 77.2 Å². The number of hydrogen-bond donors (Lipinski definition) is 3. The predicted molar refractivity (Wildman–Crippen MR) is 177 cm³/mol. The van der Waals surface area contributed by atoms with E-state index in [0.717, 1.165) is 42.5 Å². The summed E-state index contributed by atoms with van der Waals surface area (Å²) in [6, 6.07) is 31.0. The molecule has 2 atom stereocenters. The fourth-order valence-electron chi connectivity index (χ4n) is 5.64. The highest BCUT2D eigenvalue weighted by Crippen LogP contribution is 2.54. The molecule has 0 radical (unpaired) electrons. The number of rotatable bonds is 9. The molecule has 1 aliphatic rings. The summed E-state index contributed by atoms with van der Waals surface area (Å²) in [5.74, 6) is -0.344. The number of aromatic amines is 1. The molecule has 1 aromatic heterocycles. The first-order chi connectivity index (χ1) is 20.8. The standard InChI is InChI=1S/C34H30BrClN4O2S/c1-22-7-14-27(15-8-22)43-34(33(42)39-38-19-23-5-3-2-4-6-23)18-31(41)40(21-24-9-11-25(35)12-10-24)32(34)29-20-37-30-17-26(36)13-16-28(29)30/h2-17,20,32,37-38H,18-19,21H2,1H3,(H,39,42)/t32-,34-/m0/s1. The Morgan fingerprint density at radius 1 is 1.02 bits per heavy atom. The van der Waals surface area contributed by atoms with Crippen molar-refractivity contribution in [2.45, 2.75) is 42.1 Å². The SMILES string of the molecule is Cc1ccc(S[C@@]2(C(=O)NNCc3ccccc3)CC(=O)N(Cc3ccc(Br)cc3)[C@H]2c2c[nH]c3cc(Cl)ccc23)cc1. The molecule has 5 aromatic rings. The van der Waals surface area contributed by atoms with E-state index in [0.29, 0.717) is 18.1 Å². The van der Waals surface area contributed by atoms with Gasteiger partial charge in [0.05, 0.1) is 12.5 Å². The van der Waals surface area contributed by atoms with E-state index in [1.54, 1.807) is 0 Å². The molecular formula is C34H30BrClN4O2S. The first kappa shape index (κ1) is 29.5. The van der Waals surface area contributed by atoms with Gasteiger partial charge in [0.1, 0.15) is 4.75 Å². The van der Waals surface area contributed by atoms with Crippen LogP contribution in [0.1, 0.15) is 34.7 Å². The van der Waals surface area contributed by atoms with Gasteiger partial charge in [0.15, 0.2) is 0 Å². The summed E-state index contributed by atoms with van der Waals surface area (Å²) in [4.78, 5) is 34.7. The number of aromatic nitrogens is 1. The molecule has 4 aromatic carbocycles. The van der Waals surface area contributed by atoms with Gasteiger partial charge in [-0.2, -0.15) is 0 Å². The maximum Gasteiger partial charge on any atom is 0.253 e. The number of H-pyrrole nitrogens is 1. The van der Waals surface area contributed by atoms with Crippen LogP contribution in [0.3, 0.4) is 0 Å².